The Morgan fingerprint density at radius 1 is 1.50 bits per heavy atom. The van der Waals surface area contributed by atoms with Gasteiger partial charge >= 0.3 is 0 Å². The smallest absolute Gasteiger partial charge is 0.152 e. The SMILES string of the molecule is CC1(n2c(CCl)nc3ccc(Br)cc32)CCS(=O)(=O)C1. The van der Waals surface area contributed by atoms with Crippen molar-refractivity contribution in [3.63, 3.8) is 0 Å². The van der Waals surface area contributed by atoms with Crippen LogP contribution in [0.15, 0.2) is 22.7 Å². The lowest BCUT2D eigenvalue weighted by atomic mass is 10.0. The van der Waals surface area contributed by atoms with Gasteiger partial charge in [0.15, 0.2) is 9.84 Å². The van der Waals surface area contributed by atoms with Crippen molar-refractivity contribution < 1.29 is 8.42 Å². The summed E-state index contributed by atoms with van der Waals surface area (Å²) in [5.74, 6) is 1.35. The van der Waals surface area contributed by atoms with E-state index in [9.17, 15) is 8.42 Å². The van der Waals surface area contributed by atoms with Gasteiger partial charge in [0.05, 0.1) is 34.0 Å². The lowest BCUT2D eigenvalue weighted by Gasteiger charge is -2.27. The van der Waals surface area contributed by atoms with Crippen LogP contribution < -0.4 is 0 Å². The molecule has 0 saturated carbocycles. The number of fused-ring (bicyclic) bond motifs is 1. The molecule has 1 aromatic carbocycles. The molecule has 20 heavy (non-hydrogen) atoms. The fraction of sp³-hybridized carbons (Fsp3) is 0.462. The van der Waals surface area contributed by atoms with Crippen LogP contribution in [0.1, 0.15) is 19.2 Å². The lowest BCUT2D eigenvalue weighted by molar-refractivity contribution is 0.367. The molecule has 2 heterocycles. The second-order valence-corrected chi connectivity index (χ2v) is 8.84. The van der Waals surface area contributed by atoms with Crippen molar-refractivity contribution in [1.29, 1.82) is 0 Å². The summed E-state index contributed by atoms with van der Waals surface area (Å²) in [6.07, 6.45) is 0.594. The molecule has 1 aliphatic heterocycles. The van der Waals surface area contributed by atoms with Crippen LogP contribution in [-0.4, -0.2) is 29.5 Å². The van der Waals surface area contributed by atoms with E-state index in [2.05, 4.69) is 20.9 Å². The summed E-state index contributed by atoms with van der Waals surface area (Å²) in [7, 11) is -2.99. The van der Waals surface area contributed by atoms with E-state index in [-0.39, 0.29) is 17.4 Å². The van der Waals surface area contributed by atoms with Crippen molar-refractivity contribution in [2.45, 2.75) is 24.8 Å². The van der Waals surface area contributed by atoms with E-state index in [1.807, 2.05) is 29.7 Å². The minimum absolute atomic E-state index is 0.141. The van der Waals surface area contributed by atoms with Crippen LogP contribution in [0.25, 0.3) is 11.0 Å². The van der Waals surface area contributed by atoms with Gasteiger partial charge in [-0.15, -0.1) is 11.6 Å². The number of halogens is 2. The number of hydrogen-bond acceptors (Lipinski definition) is 3. The highest BCUT2D eigenvalue weighted by Crippen LogP contribution is 2.36. The van der Waals surface area contributed by atoms with Gasteiger partial charge in [-0.3, -0.25) is 0 Å². The van der Waals surface area contributed by atoms with Crippen molar-refractivity contribution in [3.05, 3.63) is 28.5 Å². The van der Waals surface area contributed by atoms with E-state index >= 15 is 0 Å². The summed E-state index contributed by atoms with van der Waals surface area (Å²) in [6, 6.07) is 5.80. The standard InChI is InChI=1S/C13H14BrClN2O2S/c1-13(4-5-20(18,19)8-13)17-11-6-9(14)2-3-10(11)16-12(17)7-15/h2-3,6H,4-5,7-8H2,1H3. The van der Waals surface area contributed by atoms with E-state index in [1.54, 1.807) is 0 Å². The summed E-state index contributed by atoms with van der Waals surface area (Å²) in [4.78, 5) is 4.53. The zero-order valence-electron chi connectivity index (χ0n) is 10.9. The van der Waals surface area contributed by atoms with Crippen LogP contribution in [-0.2, 0) is 21.3 Å². The molecule has 1 fully saturated rings. The summed E-state index contributed by atoms with van der Waals surface area (Å²) >= 11 is 9.46. The van der Waals surface area contributed by atoms with Gasteiger partial charge in [0.25, 0.3) is 0 Å². The van der Waals surface area contributed by atoms with Crippen molar-refractivity contribution in [1.82, 2.24) is 9.55 Å². The number of hydrogen-bond donors (Lipinski definition) is 0. The molecule has 0 spiro atoms. The first-order valence-corrected chi connectivity index (χ1v) is 9.43. The molecule has 4 nitrogen and oxygen atoms in total. The van der Waals surface area contributed by atoms with Crippen molar-refractivity contribution >= 4 is 48.4 Å². The van der Waals surface area contributed by atoms with Crippen LogP contribution in [0, 0.1) is 0 Å². The van der Waals surface area contributed by atoms with Crippen LogP contribution in [0.2, 0.25) is 0 Å². The number of sulfone groups is 1. The van der Waals surface area contributed by atoms with Gasteiger partial charge < -0.3 is 4.57 Å². The first kappa shape index (κ1) is 14.4. The molecule has 1 unspecified atom stereocenters. The fourth-order valence-corrected chi connectivity index (χ4v) is 5.60. The van der Waals surface area contributed by atoms with Gasteiger partial charge in [-0.2, -0.15) is 0 Å². The third-order valence-electron chi connectivity index (χ3n) is 3.83. The summed E-state index contributed by atoms with van der Waals surface area (Å²) in [5.41, 5.74) is 1.29. The Balaban J connectivity index is 2.27. The first-order valence-electron chi connectivity index (χ1n) is 6.28. The molecule has 0 bridgehead atoms. The van der Waals surface area contributed by atoms with Crippen LogP contribution >= 0.6 is 27.5 Å². The van der Waals surface area contributed by atoms with Crippen molar-refractivity contribution in [2.75, 3.05) is 11.5 Å². The number of imidazole rings is 1. The summed E-state index contributed by atoms with van der Waals surface area (Å²) in [5, 5.41) is 0. The van der Waals surface area contributed by atoms with Crippen LogP contribution in [0.4, 0.5) is 0 Å². The predicted molar refractivity (Wildman–Crippen MR) is 83.9 cm³/mol. The van der Waals surface area contributed by atoms with E-state index in [1.165, 1.54) is 0 Å². The molecule has 0 radical (unpaired) electrons. The fourth-order valence-electron chi connectivity index (χ4n) is 2.96. The molecule has 108 valence electrons. The highest BCUT2D eigenvalue weighted by atomic mass is 79.9. The van der Waals surface area contributed by atoms with Crippen molar-refractivity contribution in [3.8, 4) is 0 Å². The quantitative estimate of drug-likeness (QED) is 0.756. The monoisotopic (exact) mass is 376 g/mol. The molecule has 2 aromatic rings. The molecule has 3 rings (SSSR count). The molecule has 7 heteroatoms. The maximum atomic E-state index is 11.9. The molecular formula is C13H14BrClN2O2S. The average Bonchev–Trinajstić information content (AvgIpc) is 2.87. The molecule has 1 atom stereocenters. The average molecular weight is 378 g/mol. The molecule has 0 N–H and O–H groups in total. The topological polar surface area (TPSA) is 52.0 Å². The third-order valence-corrected chi connectivity index (χ3v) is 6.45. The minimum atomic E-state index is -2.99. The largest absolute Gasteiger partial charge is 0.320 e. The van der Waals surface area contributed by atoms with Gasteiger partial charge in [0, 0.05) is 4.47 Å². The molecule has 0 aliphatic carbocycles. The number of nitrogens with zero attached hydrogens (tertiary/aromatic N) is 2. The first-order chi connectivity index (χ1) is 9.35. The van der Waals surface area contributed by atoms with Gasteiger partial charge in [-0.1, -0.05) is 15.9 Å². The lowest BCUT2D eigenvalue weighted by Crippen LogP contribution is -2.32. The molecule has 1 aromatic heterocycles. The molecule has 1 saturated heterocycles. The Bertz CT molecular complexity index is 787. The van der Waals surface area contributed by atoms with Gasteiger partial charge in [0.2, 0.25) is 0 Å². The summed E-state index contributed by atoms with van der Waals surface area (Å²) in [6.45, 7) is 1.97. The van der Waals surface area contributed by atoms with E-state index < -0.39 is 15.4 Å². The summed E-state index contributed by atoms with van der Waals surface area (Å²) < 4.78 is 26.7. The molecular weight excluding hydrogens is 364 g/mol. The Kier molecular flexibility index (Phi) is 3.38. The number of aromatic nitrogens is 2. The van der Waals surface area contributed by atoms with Crippen LogP contribution in [0.5, 0.6) is 0 Å². The van der Waals surface area contributed by atoms with E-state index in [4.69, 9.17) is 11.6 Å². The van der Waals surface area contributed by atoms with Crippen LogP contribution in [0.3, 0.4) is 0 Å². The Morgan fingerprint density at radius 2 is 2.25 bits per heavy atom. The van der Waals surface area contributed by atoms with Gasteiger partial charge in [-0.25, -0.2) is 13.4 Å². The minimum Gasteiger partial charge on any atom is -0.320 e. The number of rotatable bonds is 2. The van der Waals surface area contributed by atoms with E-state index in [0.29, 0.717) is 6.42 Å². The number of alkyl halides is 1. The van der Waals surface area contributed by atoms with Crippen molar-refractivity contribution in [2.24, 2.45) is 0 Å². The molecule has 0 amide bonds. The Labute approximate surface area is 131 Å². The zero-order chi connectivity index (χ0) is 14.5. The van der Waals surface area contributed by atoms with E-state index in [0.717, 1.165) is 21.3 Å². The number of benzene rings is 1. The Morgan fingerprint density at radius 3 is 2.85 bits per heavy atom. The highest BCUT2D eigenvalue weighted by molar-refractivity contribution is 9.10. The second-order valence-electron chi connectivity index (χ2n) is 5.47. The predicted octanol–water partition coefficient (Wildman–Crippen LogP) is 3.07. The molecule has 1 aliphatic rings. The highest BCUT2D eigenvalue weighted by Gasteiger charge is 2.41. The normalized spacial score (nSPS) is 25.4. The zero-order valence-corrected chi connectivity index (χ0v) is 14.1. The third kappa shape index (κ3) is 2.27. The van der Waals surface area contributed by atoms with Gasteiger partial charge in [0.1, 0.15) is 5.82 Å². The second kappa shape index (κ2) is 4.71. The Hall–Kier alpha value is -0.590. The maximum absolute atomic E-state index is 11.9. The van der Waals surface area contributed by atoms with Gasteiger partial charge in [-0.05, 0) is 31.5 Å². The maximum Gasteiger partial charge on any atom is 0.152 e.